The number of anilines is 2. The van der Waals surface area contributed by atoms with Crippen LogP contribution in [0.5, 0.6) is 0 Å². The number of pyridine rings is 1. The Morgan fingerprint density at radius 3 is 2.80 bits per heavy atom. The second-order valence-corrected chi connectivity index (χ2v) is 4.56. The highest BCUT2D eigenvalue weighted by atomic mass is 15.1. The van der Waals surface area contributed by atoms with Crippen molar-refractivity contribution < 1.29 is 0 Å². The van der Waals surface area contributed by atoms with Gasteiger partial charge in [-0.1, -0.05) is 0 Å². The minimum Gasteiger partial charge on any atom is -0.378 e. The van der Waals surface area contributed by atoms with Gasteiger partial charge < -0.3 is 10.2 Å². The summed E-state index contributed by atoms with van der Waals surface area (Å²) < 4.78 is 0. The standard InChI is InChI=1S/C12H19N3/c1-9(10-4-5-10)14-12-8-11(15(2)3)6-7-13-12/h6-10H,4-5H2,1-3H3,(H,13,14). The van der Waals surface area contributed by atoms with Gasteiger partial charge in [0.05, 0.1) is 0 Å². The molecule has 1 saturated carbocycles. The predicted octanol–water partition coefficient (Wildman–Crippen LogP) is 2.36. The van der Waals surface area contributed by atoms with Crippen molar-refractivity contribution in [1.82, 2.24) is 4.98 Å². The van der Waals surface area contributed by atoms with E-state index in [0.717, 1.165) is 11.7 Å². The number of hydrogen-bond acceptors (Lipinski definition) is 3. The first-order valence-corrected chi connectivity index (χ1v) is 5.57. The molecule has 1 aliphatic carbocycles. The van der Waals surface area contributed by atoms with Gasteiger partial charge in [0.15, 0.2) is 0 Å². The van der Waals surface area contributed by atoms with Crippen LogP contribution < -0.4 is 10.2 Å². The molecule has 0 aromatic carbocycles. The smallest absolute Gasteiger partial charge is 0.128 e. The van der Waals surface area contributed by atoms with Crippen LogP contribution in [0.3, 0.4) is 0 Å². The predicted molar refractivity (Wildman–Crippen MR) is 64.4 cm³/mol. The molecule has 0 spiro atoms. The average molecular weight is 205 g/mol. The maximum atomic E-state index is 4.33. The molecular weight excluding hydrogens is 186 g/mol. The molecule has 1 aliphatic rings. The topological polar surface area (TPSA) is 28.2 Å². The summed E-state index contributed by atoms with van der Waals surface area (Å²) in [6, 6.07) is 4.67. The molecule has 0 bridgehead atoms. The van der Waals surface area contributed by atoms with Crippen LogP contribution in [-0.2, 0) is 0 Å². The third-order valence-electron chi connectivity index (χ3n) is 2.96. The zero-order valence-corrected chi connectivity index (χ0v) is 9.70. The third kappa shape index (κ3) is 2.61. The molecule has 1 unspecified atom stereocenters. The lowest BCUT2D eigenvalue weighted by atomic mass is 10.2. The molecule has 1 heterocycles. The van der Waals surface area contributed by atoms with Gasteiger partial charge in [0.1, 0.15) is 5.82 Å². The normalized spacial score (nSPS) is 17.3. The van der Waals surface area contributed by atoms with Crippen LogP contribution in [0.2, 0.25) is 0 Å². The molecule has 82 valence electrons. The van der Waals surface area contributed by atoms with Crippen molar-refractivity contribution in [3.8, 4) is 0 Å². The van der Waals surface area contributed by atoms with Crippen molar-refractivity contribution in [1.29, 1.82) is 0 Å². The van der Waals surface area contributed by atoms with Crippen molar-refractivity contribution in [3.05, 3.63) is 18.3 Å². The van der Waals surface area contributed by atoms with E-state index in [4.69, 9.17) is 0 Å². The fourth-order valence-electron chi connectivity index (χ4n) is 1.72. The van der Waals surface area contributed by atoms with Gasteiger partial charge in [-0.05, 0) is 31.7 Å². The van der Waals surface area contributed by atoms with Gasteiger partial charge in [-0.2, -0.15) is 0 Å². The fourth-order valence-corrected chi connectivity index (χ4v) is 1.72. The molecule has 3 nitrogen and oxygen atoms in total. The number of aromatic nitrogens is 1. The molecule has 3 heteroatoms. The van der Waals surface area contributed by atoms with E-state index in [2.05, 4.69) is 28.2 Å². The lowest BCUT2D eigenvalue weighted by molar-refractivity contribution is 0.690. The first-order chi connectivity index (χ1) is 7.16. The molecule has 15 heavy (non-hydrogen) atoms. The molecule has 2 rings (SSSR count). The van der Waals surface area contributed by atoms with E-state index in [1.54, 1.807) is 0 Å². The van der Waals surface area contributed by atoms with E-state index in [9.17, 15) is 0 Å². The Balaban J connectivity index is 2.03. The van der Waals surface area contributed by atoms with Crippen LogP contribution in [0.25, 0.3) is 0 Å². The van der Waals surface area contributed by atoms with Gasteiger partial charge in [0.2, 0.25) is 0 Å². The molecule has 0 saturated heterocycles. The molecule has 1 atom stereocenters. The van der Waals surface area contributed by atoms with Crippen molar-refractivity contribution in [2.45, 2.75) is 25.8 Å². The summed E-state index contributed by atoms with van der Waals surface area (Å²) in [6.45, 7) is 2.24. The molecule has 1 N–H and O–H groups in total. The maximum absolute atomic E-state index is 4.33. The second-order valence-electron chi connectivity index (χ2n) is 4.56. The van der Waals surface area contributed by atoms with Crippen LogP contribution in [0, 0.1) is 5.92 Å². The maximum Gasteiger partial charge on any atom is 0.128 e. The van der Waals surface area contributed by atoms with E-state index in [1.165, 1.54) is 18.5 Å². The summed E-state index contributed by atoms with van der Waals surface area (Å²) in [5, 5.41) is 3.46. The van der Waals surface area contributed by atoms with Crippen LogP contribution in [0.1, 0.15) is 19.8 Å². The summed E-state index contributed by atoms with van der Waals surface area (Å²) >= 11 is 0. The van der Waals surface area contributed by atoms with Gasteiger partial charge in [-0.15, -0.1) is 0 Å². The van der Waals surface area contributed by atoms with E-state index in [-0.39, 0.29) is 0 Å². The van der Waals surface area contributed by atoms with Crippen molar-refractivity contribution in [3.63, 3.8) is 0 Å². The highest BCUT2D eigenvalue weighted by Crippen LogP contribution is 2.33. The van der Waals surface area contributed by atoms with Gasteiger partial charge in [0, 0.05) is 38.1 Å². The van der Waals surface area contributed by atoms with Crippen molar-refractivity contribution in [2.24, 2.45) is 5.92 Å². The Kier molecular flexibility index (Phi) is 2.80. The summed E-state index contributed by atoms with van der Waals surface area (Å²) in [6.07, 6.45) is 4.58. The Bertz CT molecular complexity index is 331. The first kappa shape index (κ1) is 10.3. The van der Waals surface area contributed by atoms with Crippen LogP contribution >= 0.6 is 0 Å². The van der Waals surface area contributed by atoms with Gasteiger partial charge in [-0.25, -0.2) is 4.98 Å². The lowest BCUT2D eigenvalue weighted by Crippen LogP contribution is -2.18. The highest BCUT2D eigenvalue weighted by molar-refractivity contribution is 5.53. The minimum absolute atomic E-state index is 0.551. The monoisotopic (exact) mass is 205 g/mol. The molecule has 0 amide bonds. The molecule has 1 aromatic rings. The first-order valence-electron chi connectivity index (χ1n) is 5.57. The van der Waals surface area contributed by atoms with Crippen LogP contribution in [0.15, 0.2) is 18.3 Å². The summed E-state index contributed by atoms with van der Waals surface area (Å²) in [5.74, 6) is 1.84. The minimum atomic E-state index is 0.551. The van der Waals surface area contributed by atoms with E-state index >= 15 is 0 Å². The summed E-state index contributed by atoms with van der Waals surface area (Å²) in [7, 11) is 4.09. The van der Waals surface area contributed by atoms with Gasteiger partial charge >= 0.3 is 0 Å². The molecule has 0 radical (unpaired) electrons. The zero-order chi connectivity index (χ0) is 10.8. The molecule has 1 fully saturated rings. The van der Waals surface area contributed by atoms with Crippen LogP contribution in [0.4, 0.5) is 11.5 Å². The highest BCUT2D eigenvalue weighted by Gasteiger charge is 2.27. The molecular formula is C12H19N3. The number of nitrogens with zero attached hydrogens (tertiary/aromatic N) is 2. The van der Waals surface area contributed by atoms with Crippen LogP contribution in [-0.4, -0.2) is 25.1 Å². The Morgan fingerprint density at radius 2 is 2.20 bits per heavy atom. The average Bonchev–Trinajstić information content (AvgIpc) is 3.01. The van der Waals surface area contributed by atoms with E-state index in [0.29, 0.717) is 6.04 Å². The third-order valence-corrected chi connectivity index (χ3v) is 2.96. The van der Waals surface area contributed by atoms with Crippen molar-refractivity contribution >= 4 is 11.5 Å². The Hall–Kier alpha value is -1.25. The van der Waals surface area contributed by atoms with Gasteiger partial charge in [-0.3, -0.25) is 0 Å². The van der Waals surface area contributed by atoms with E-state index in [1.807, 2.05) is 26.4 Å². The zero-order valence-electron chi connectivity index (χ0n) is 9.70. The second kappa shape index (κ2) is 4.09. The van der Waals surface area contributed by atoms with Gasteiger partial charge in [0.25, 0.3) is 0 Å². The number of hydrogen-bond donors (Lipinski definition) is 1. The SMILES string of the molecule is CC(Nc1cc(N(C)C)ccn1)C1CC1. The largest absolute Gasteiger partial charge is 0.378 e. The molecule has 1 aromatic heterocycles. The summed E-state index contributed by atoms with van der Waals surface area (Å²) in [4.78, 5) is 6.43. The fraction of sp³-hybridized carbons (Fsp3) is 0.583. The number of rotatable bonds is 4. The quantitative estimate of drug-likeness (QED) is 0.818. The van der Waals surface area contributed by atoms with Crippen molar-refractivity contribution in [2.75, 3.05) is 24.3 Å². The summed E-state index contributed by atoms with van der Waals surface area (Å²) in [5.41, 5.74) is 1.19. The molecule has 0 aliphatic heterocycles. The lowest BCUT2D eigenvalue weighted by Gasteiger charge is -2.16. The number of nitrogens with one attached hydrogen (secondary N) is 1. The van der Waals surface area contributed by atoms with E-state index < -0.39 is 0 Å². The Labute approximate surface area is 91.5 Å². The Morgan fingerprint density at radius 1 is 1.47 bits per heavy atom.